The molecule has 0 heterocycles. The van der Waals surface area contributed by atoms with Crippen molar-refractivity contribution in [1.29, 1.82) is 0 Å². The van der Waals surface area contributed by atoms with E-state index in [1.165, 1.54) is 0 Å². The second-order valence-corrected chi connectivity index (χ2v) is 7.53. The average Bonchev–Trinajstić information content (AvgIpc) is 2.23. The lowest BCUT2D eigenvalue weighted by Gasteiger charge is -2.26. The molecule has 0 aliphatic heterocycles. The second-order valence-electron chi connectivity index (χ2n) is 7.53. The molecule has 4 heteroatoms. The normalized spacial score (nSPS) is 13.8. The number of rotatable bonds is 6. The van der Waals surface area contributed by atoms with E-state index in [0.717, 1.165) is 6.42 Å². The molecule has 0 N–H and O–H groups in total. The Kier molecular flexibility index (Phi) is 7.25. The van der Waals surface area contributed by atoms with Gasteiger partial charge in [-0.05, 0) is 24.2 Å². The molecule has 20 heavy (non-hydrogen) atoms. The number of esters is 2. The van der Waals surface area contributed by atoms with Gasteiger partial charge in [0.1, 0.15) is 6.10 Å². The van der Waals surface area contributed by atoms with Crippen molar-refractivity contribution < 1.29 is 19.1 Å². The molecule has 0 amide bonds. The molecule has 0 rings (SSSR count). The van der Waals surface area contributed by atoms with E-state index in [1.54, 1.807) is 0 Å². The van der Waals surface area contributed by atoms with Gasteiger partial charge in [0.15, 0.2) is 0 Å². The van der Waals surface area contributed by atoms with E-state index in [0.29, 0.717) is 6.61 Å². The van der Waals surface area contributed by atoms with Crippen LogP contribution in [-0.4, -0.2) is 24.6 Å². The fourth-order valence-electron chi connectivity index (χ4n) is 1.18. The fraction of sp³-hybridized carbons (Fsp3) is 0.875. The highest BCUT2D eigenvalue weighted by Gasteiger charge is 2.24. The molecule has 4 nitrogen and oxygen atoms in total. The lowest BCUT2D eigenvalue weighted by molar-refractivity contribution is -0.157. The maximum absolute atomic E-state index is 11.6. The third kappa shape index (κ3) is 9.82. The van der Waals surface area contributed by atoms with Crippen molar-refractivity contribution in [2.24, 2.45) is 10.8 Å². The molecular formula is C16H30O4. The van der Waals surface area contributed by atoms with Crippen molar-refractivity contribution in [3.05, 3.63) is 0 Å². The highest BCUT2D eigenvalue weighted by molar-refractivity contribution is 5.77. The van der Waals surface area contributed by atoms with Crippen LogP contribution < -0.4 is 0 Å². The molecule has 0 aliphatic carbocycles. The van der Waals surface area contributed by atoms with Crippen LogP contribution in [0, 0.1) is 10.8 Å². The molecule has 0 aromatic heterocycles. The van der Waals surface area contributed by atoms with Gasteiger partial charge in [-0.15, -0.1) is 0 Å². The van der Waals surface area contributed by atoms with Gasteiger partial charge in [-0.3, -0.25) is 9.59 Å². The monoisotopic (exact) mass is 286 g/mol. The standard InChI is InChI=1S/C16H30O4/c1-12(16(5,6)7)20-14(18)9-8-13(17)19-11-10-15(2,3)4/h12H,8-11H2,1-7H3. The maximum Gasteiger partial charge on any atom is 0.306 e. The molecule has 0 aliphatic rings. The largest absolute Gasteiger partial charge is 0.466 e. The zero-order valence-electron chi connectivity index (χ0n) is 14.0. The highest BCUT2D eigenvalue weighted by atomic mass is 16.5. The van der Waals surface area contributed by atoms with Crippen molar-refractivity contribution in [3.8, 4) is 0 Å². The van der Waals surface area contributed by atoms with Gasteiger partial charge in [-0.1, -0.05) is 41.5 Å². The van der Waals surface area contributed by atoms with Gasteiger partial charge in [-0.25, -0.2) is 0 Å². The first-order valence-electron chi connectivity index (χ1n) is 7.27. The molecule has 0 saturated heterocycles. The third-order valence-electron chi connectivity index (χ3n) is 3.18. The summed E-state index contributed by atoms with van der Waals surface area (Å²) in [5.41, 5.74) is 0.0459. The smallest absolute Gasteiger partial charge is 0.306 e. The number of hydrogen-bond donors (Lipinski definition) is 0. The molecule has 118 valence electrons. The molecule has 0 spiro atoms. The summed E-state index contributed by atoms with van der Waals surface area (Å²) < 4.78 is 10.4. The van der Waals surface area contributed by atoms with Gasteiger partial charge in [0.2, 0.25) is 0 Å². The van der Waals surface area contributed by atoms with Crippen molar-refractivity contribution >= 4 is 11.9 Å². The zero-order valence-corrected chi connectivity index (χ0v) is 14.0. The van der Waals surface area contributed by atoms with E-state index in [1.807, 2.05) is 27.7 Å². The number of hydrogen-bond acceptors (Lipinski definition) is 4. The van der Waals surface area contributed by atoms with Crippen molar-refractivity contribution in [1.82, 2.24) is 0 Å². The Labute approximate surface area is 123 Å². The molecule has 0 bridgehead atoms. The number of carbonyl (C=O) groups is 2. The first kappa shape index (κ1) is 18.9. The third-order valence-corrected chi connectivity index (χ3v) is 3.18. The van der Waals surface area contributed by atoms with Gasteiger partial charge in [0.05, 0.1) is 19.4 Å². The summed E-state index contributed by atoms with van der Waals surface area (Å²) in [4.78, 5) is 23.1. The molecular weight excluding hydrogens is 256 g/mol. The Bertz CT molecular complexity index is 320. The summed E-state index contributed by atoms with van der Waals surface area (Å²) in [5.74, 6) is -0.685. The number of carbonyl (C=O) groups excluding carboxylic acids is 2. The van der Waals surface area contributed by atoms with Gasteiger partial charge >= 0.3 is 11.9 Å². The van der Waals surface area contributed by atoms with Crippen molar-refractivity contribution in [3.63, 3.8) is 0 Å². The zero-order chi connectivity index (χ0) is 16.0. The Morgan fingerprint density at radius 3 is 1.90 bits per heavy atom. The fourth-order valence-corrected chi connectivity index (χ4v) is 1.18. The van der Waals surface area contributed by atoms with Crippen LogP contribution in [-0.2, 0) is 19.1 Å². The topological polar surface area (TPSA) is 52.6 Å². The summed E-state index contributed by atoms with van der Waals surface area (Å²) in [7, 11) is 0. The van der Waals surface area contributed by atoms with Crippen LogP contribution >= 0.6 is 0 Å². The van der Waals surface area contributed by atoms with Crippen LogP contribution in [0.2, 0.25) is 0 Å². The van der Waals surface area contributed by atoms with E-state index in [2.05, 4.69) is 20.8 Å². The highest BCUT2D eigenvalue weighted by Crippen LogP contribution is 2.22. The SMILES string of the molecule is CC(OC(=O)CCC(=O)OCCC(C)(C)C)C(C)(C)C. The molecule has 0 fully saturated rings. The summed E-state index contributed by atoms with van der Waals surface area (Å²) in [6, 6.07) is 0. The lowest BCUT2D eigenvalue weighted by Crippen LogP contribution is -2.28. The number of ether oxygens (including phenoxy) is 2. The summed E-state index contributed by atoms with van der Waals surface area (Å²) >= 11 is 0. The van der Waals surface area contributed by atoms with Crippen molar-refractivity contribution in [2.45, 2.75) is 73.8 Å². The summed E-state index contributed by atoms with van der Waals surface area (Å²) in [6.45, 7) is 14.5. The van der Waals surface area contributed by atoms with E-state index in [-0.39, 0.29) is 41.7 Å². The van der Waals surface area contributed by atoms with Crippen molar-refractivity contribution in [2.75, 3.05) is 6.61 Å². The summed E-state index contributed by atoms with van der Waals surface area (Å²) in [5, 5.41) is 0. The average molecular weight is 286 g/mol. The van der Waals surface area contributed by atoms with Crippen LogP contribution in [0.4, 0.5) is 0 Å². The molecule has 1 atom stereocenters. The molecule has 0 aromatic carbocycles. The Morgan fingerprint density at radius 2 is 1.45 bits per heavy atom. The minimum atomic E-state index is -0.347. The van der Waals surface area contributed by atoms with Crippen LogP contribution in [0.1, 0.15) is 67.7 Å². The summed E-state index contributed by atoms with van der Waals surface area (Å²) in [6.07, 6.45) is 0.797. The molecule has 0 aromatic rings. The first-order valence-corrected chi connectivity index (χ1v) is 7.27. The van der Waals surface area contributed by atoms with Gasteiger partial charge < -0.3 is 9.47 Å². The first-order chi connectivity index (χ1) is 8.92. The quantitative estimate of drug-likeness (QED) is 0.698. The minimum Gasteiger partial charge on any atom is -0.466 e. The lowest BCUT2D eigenvalue weighted by atomic mass is 9.90. The minimum absolute atomic E-state index is 0.0781. The van der Waals surface area contributed by atoms with E-state index < -0.39 is 0 Å². The van der Waals surface area contributed by atoms with Crippen LogP contribution in [0.3, 0.4) is 0 Å². The van der Waals surface area contributed by atoms with Crippen LogP contribution in [0.15, 0.2) is 0 Å². The molecule has 0 saturated carbocycles. The maximum atomic E-state index is 11.6. The van der Waals surface area contributed by atoms with E-state index >= 15 is 0 Å². The van der Waals surface area contributed by atoms with Gasteiger partial charge in [0, 0.05) is 0 Å². The van der Waals surface area contributed by atoms with E-state index in [9.17, 15) is 9.59 Å². The van der Waals surface area contributed by atoms with Gasteiger partial charge in [0.25, 0.3) is 0 Å². The molecule has 1 unspecified atom stereocenters. The predicted octanol–water partition coefficient (Wildman–Crippen LogP) is 3.72. The van der Waals surface area contributed by atoms with Crippen LogP contribution in [0.25, 0.3) is 0 Å². The Hall–Kier alpha value is -1.06. The molecule has 0 radical (unpaired) electrons. The van der Waals surface area contributed by atoms with Gasteiger partial charge in [-0.2, -0.15) is 0 Å². The second kappa shape index (κ2) is 7.65. The Balaban J connectivity index is 3.88. The Morgan fingerprint density at radius 1 is 0.950 bits per heavy atom. The van der Waals surface area contributed by atoms with E-state index in [4.69, 9.17) is 9.47 Å². The van der Waals surface area contributed by atoms with Crippen LogP contribution in [0.5, 0.6) is 0 Å². The predicted molar refractivity (Wildman–Crippen MR) is 79.3 cm³/mol.